The first-order valence-electron chi connectivity index (χ1n) is 6.04. The molecular formula is C12H24BrN. The third-order valence-electron chi connectivity index (χ3n) is 3.45. The molecule has 1 aliphatic rings. The zero-order chi connectivity index (χ0) is 10.4. The zero-order valence-electron chi connectivity index (χ0n) is 9.64. The zero-order valence-corrected chi connectivity index (χ0v) is 11.2. The van der Waals surface area contributed by atoms with Crippen molar-refractivity contribution in [2.75, 3.05) is 18.4 Å². The minimum absolute atomic E-state index is 0.833. The molecule has 0 saturated carbocycles. The van der Waals surface area contributed by atoms with Crippen molar-refractivity contribution in [3.63, 3.8) is 0 Å². The minimum atomic E-state index is 0.833. The Hall–Kier alpha value is 0.440. The molecule has 0 N–H and O–H groups in total. The van der Waals surface area contributed by atoms with Crippen molar-refractivity contribution < 1.29 is 0 Å². The first kappa shape index (κ1) is 12.5. The number of nitrogens with zero attached hydrogens (tertiary/aromatic N) is 1. The Bertz CT molecular complexity index is 149. The predicted molar refractivity (Wildman–Crippen MR) is 67.1 cm³/mol. The van der Waals surface area contributed by atoms with Crippen LogP contribution in [0.2, 0.25) is 0 Å². The molecule has 0 amide bonds. The van der Waals surface area contributed by atoms with E-state index in [1.54, 1.807) is 0 Å². The highest BCUT2D eigenvalue weighted by Gasteiger charge is 2.17. The largest absolute Gasteiger partial charge is 0.301 e. The molecule has 2 heteroatoms. The Morgan fingerprint density at radius 1 is 1.36 bits per heavy atom. The van der Waals surface area contributed by atoms with E-state index >= 15 is 0 Å². The smallest absolute Gasteiger partial charge is 0.00669 e. The van der Waals surface area contributed by atoms with Crippen molar-refractivity contribution in [2.45, 2.75) is 52.0 Å². The van der Waals surface area contributed by atoms with E-state index < -0.39 is 0 Å². The number of likely N-dealkylation sites (tertiary alicyclic amines) is 1. The number of piperidine rings is 1. The summed E-state index contributed by atoms with van der Waals surface area (Å²) in [6.45, 7) is 7.40. The molecule has 1 saturated heterocycles. The fourth-order valence-electron chi connectivity index (χ4n) is 2.21. The normalized spacial score (nSPS) is 26.4. The van der Waals surface area contributed by atoms with E-state index in [1.165, 1.54) is 45.2 Å². The van der Waals surface area contributed by atoms with Crippen molar-refractivity contribution in [1.82, 2.24) is 4.90 Å². The third kappa shape index (κ3) is 4.31. The molecule has 2 unspecified atom stereocenters. The second-order valence-electron chi connectivity index (χ2n) is 4.75. The van der Waals surface area contributed by atoms with E-state index in [0.717, 1.165) is 17.3 Å². The van der Waals surface area contributed by atoms with Gasteiger partial charge in [-0.05, 0) is 51.6 Å². The number of rotatable bonds is 5. The molecule has 1 nitrogen and oxygen atoms in total. The van der Waals surface area contributed by atoms with Gasteiger partial charge in [0.1, 0.15) is 0 Å². The molecule has 0 aromatic carbocycles. The van der Waals surface area contributed by atoms with Crippen molar-refractivity contribution in [1.29, 1.82) is 0 Å². The molecule has 14 heavy (non-hydrogen) atoms. The summed E-state index contributed by atoms with van der Waals surface area (Å²) in [5.74, 6) is 0.878. The lowest BCUT2D eigenvalue weighted by Crippen LogP contribution is -2.38. The molecule has 0 aliphatic carbocycles. The van der Waals surface area contributed by atoms with Crippen molar-refractivity contribution in [3.05, 3.63) is 0 Å². The van der Waals surface area contributed by atoms with Crippen LogP contribution in [0.5, 0.6) is 0 Å². The van der Waals surface area contributed by atoms with Gasteiger partial charge in [-0.2, -0.15) is 0 Å². The summed E-state index contributed by atoms with van der Waals surface area (Å²) >= 11 is 3.51. The van der Waals surface area contributed by atoms with E-state index in [1.807, 2.05) is 0 Å². The highest BCUT2D eigenvalue weighted by molar-refractivity contribution is 9.09. The van der Waals surface area contributed by atoms with E-state index in [0.29, 0.717) is 0 Å². The summed E-state index contributed by atoms with van der Waals surface area (Å²) in [7, 11) is 0. The molecule has 1 aliphatic heterocycles. The first-order chi connectivity index (χ1) is 6.74. The van der Waals surface area contributed by atoms with Crippen LogP contribution >= 0.6 is 15.9 Å². The van der Waals surface area contributed by atoms with Gasteiger partial charge in [-0.3, -0.25) is 0 Å². The average molecular weight is 262 g/mol. The summed E-state index contributed by atoms with van der Waals surface area (Å²) in [5.41, 5.74) is 0. The molecule has 0 aromatic rings. The van der Waals surface area contributed by atoms with Crippen molar-refractivity contribution in [3.8, 4) is 0 Å². The summed E-state index contributed by atoms with van der Waals surface area (Å²) in [4.78, 5) is 2.67. The molecule has 0 bridgehead atoms. The van der Waals surface area contributed by atoms with Crippen LogP contribution in [0.1, 0.15) is 46.0 Å². The molecule has 84 valence electrons. The third-order valence-corrected chi connectivity index (χ3v) is 3.91. The van der Waals surface area contributed by atoms with Gasteiger partial charge in [-0.1, -0.05) is 29.3 Å². The summed E-state index contributed by atoms with van der Waals surface area (Å²) in [5, 5.41) is 1.16. The molecule has 0 radical (unpaired) electrons. The summed E-state index contributed by atoms with van der Waals surface area (Å²) in [6.07, 6.45) is 6.96. The van der Waals surface area contributed by atoms with Gasteiger partial charge in [0.25, 0.3) is 0 Å². The van der Waals surface area contributed by atoms with Gasteiger partial charge in [-0.15, -0.1) is 0 Å². The van der Waals surface area contributed by atoms with Crippen molar-refractivity contribution >= 4 is 15.9 Å². The molecule has 1 rings (SSSR count). The number of alkyl halides is 1. The lowest BCUT2D eigenvalue weighted by molar-refractivity contribution is 0.151. The highest BCUT2D eigenvalue weighted by Crippen LogP contribution is 2.18. The monoisotopic (exact) mass is 261 g/mol. The van der Waals surface area contributed by atoms with Gasteiger partial charge in [0.05, 0.1) is 0 Å². The Morgan fingerprint density at radius 2 is 2.14 bits per heavy atom. The van der Waals surface area contributed by atoms with Crippen LogP contribution in [0.15, 0.2) is 0 Å². The number of hydrogen-bond acceptors (Lipinski definition) is 1. The minimum Gasteiger partial charge on any atom is -0.301 e. The highest BCUT2D eigenvalue weighted by atomic mass is 79.9. The van der Waals surface area contributed by atoms with Crippen LogP contribution in [-0.2, 0) is 0 Å². The Balaban J connectivity index is 2.15. The molecule has 0 spiro atoms. The van der Waals surface area contributed by atoms with Gasteiger partial charge in [-0.25, -0.2) is 0 Å². The summed E-state index contributed by atoms with van der Waals surface area (Å²) < 4.78 is 0. The Morgan fingerprint density at radius 3 is 2.79 bits per heavy atom. The van der Waals surface area contributed by atoms with E-state index in [2.05, 4.69) is 34.7 Å². The maximum absolute atomic E-state index is 3.51. The second-order valence-corrected chi connectivity index (χ2v) is 5.55. The van der Waals surface area contributed by atoms with Crippen molar-refractivity contribution in [2.24, 2.45) is 5.92 Å². The standard InChI is InChI=1S/C12H24BrN/c1-11(6-8-13)7-10-14-9-4-3-5-12(14)2/h11-12H,3-10H2,1-2H3. The van der Waals surface area contributed by atoms with Gasteiger partial charge < -0.3 is 4.90 Å². The second kappa shape index (κ2) is 6.84. The van der Waals surface area contributed by atoms with Gasteiger partial charge in [0.2, 0.25) is 0 Å². The van der Waals surface area contributed by atoms with Crippen LogP contribution < -0.4 is 0 Å². The maximum Gasteiger partial charge on any atom is 0.00669 e. The fourth-order valence-corrected chi connectivity index (χ4v) is 2.99. The van der Waals surface area contributed by atoms with Crippen LogP contribution in [-0.4, -0.2) is 29.4 Å². The molecule has 1 heterocycles. The lowest BCUT2D eigenvalue weighted by atomic mass is 10.0. The van der Waals surface area contributed by atoms with Gasteiger partial charge in [0, 0.05) is 11.4 Å². The van der Waals surface area contributed by atoms with E-state index in [-0.39, 0.29) is 0 Å². The first-order valence-corrected chi connectivity index (χ1v) is 7.16. The van der Waals surface area contributed by atoms with Crippen LogP contribution in [0.4, 0.5) is 0 Å². The SMILES string of the molecule is CC(CCBr)CCN1CCCCC1C. The molecule has 2 atom stereocenters. The average Bonchev–Trinajstić information content (AvgIpc) is 2.17. The van der Waals surface area contributed by atoms with Gasteiger partial charge in [0.15, 0.2) is 0 Å². The molecule has 1 fully saturated rings. The fraction of sp³-hybridized carbons (Fsp3) is 1.00. The number of halogens is 1. The van der Waals surface area contributed by atoms with Crippen LogP contribution in [0.25, 0.3) is 0 Å². The molecule has 0 aromatic heterocycles. The number of hydrogen-bond donors (Lipinski definition) is 0. The topological polar surface area (TPSA) is 3.24 Å². The van der Waals surface area contributed by atoms with E-state index in [4.69, 9.17) is 0 Å². The van der Waals surface area contributed by atoms with E-state index in [9.17, 15) is 0 Å². The van der Waals surface area contributed by atoms with Crippen LogP contribution in [0, 0.1) is 5.92 Å². The Labute approximate surface area is 97.4 Å². The predicted octanol–water partition coefficient (Wildman–Crippen LogP) is 3.67. The molecular weight excluding hydrogens is 238 g/mol. The Kier molecular flexibility index (Phi) is 6.11. The van der Waals surface area contributed by atoms with Crippen LogP contribution in [0.3, 0.4) is 0 Å². The maximum atomic E-state index is 3.51. The quantitative estimate of drug-likeness (QED) is 0.683. The van der Waals surface area contributed by atoms with Gasteiger partial charge >= 0.3 is 0 Å². The summed E-state index contributed by atoms with van der Waals surface area (Å²) in [6, 6.07) is 0.833. The lowest BCUT2D eigenvalue weighted by Gasteiger charge is -2.33.